The van der Waals surface area contributed by atoms with Gasteiger partial charge in [0.25, 0.3) is 0 Å². The van der Waals surface area contributed by atoms with Crippen LogP contribution in [0.25, 0.3) is 11.1 Å². The Kier molecular flexibility index (Phi) is 5.93. The van der Waals surface area contributed by atoms with Crippen LogP contribution in [0.5, 0.6) is 0 Å². The number of hydrogen-bond acceptors (Lipinski definition) is 3. The molecule has 0 aliphatic rings. The van der Waals surface area contributed by atoms with Gasteiger partial charge in [-0.3, -0.25) is 9.59 Å². The second-order valence-corrected chi connectivity index (χ2v) is 6.40. The first-order chi connectivity index (χ1) is 11.0. The van der Waals surface area contributed by atoms with Crippen molar-refractivity contribution in [2.24, 2.45) is 5.73 Å². The Balaban J connectivity index is 2.24. The molecule has 4 nitrogen and oxygen atoms in total. The summed E-state index contributed by atoms with van der Waals surface area (Å²) in [6, 6.07) is 9.86. The highest BCUT2D eigenvalue weighted by Crippen LogP contribution is 2.27. The van der Waals surface area contributed by atoms with Crippen molar-refractivity contribution in [2.45, 2.75) is 25.7 Å². The smallest absolute Gasteiger partial charge is 0.230 e. The molecule has 1 aromatic carbocycles. The van der Waals surface area contributed by atoms with Gasteiger partial charge < -0.3 is 10.6 Å². The van der Waals surface area contributed by atoms with Gasteiger partial charge >= 0.3 is 0 Å². The van der Waals surface area contributed by atoms with Crippen molar-refractivity contribution in [1.82, 2.24) is 4.90 Å². The van der Waals surface area contributed by atoms with E-state index in [1.165, 1.54) is 0 Å². The van der Waals surface area contributed by atoms with Crippen LogP contribution >= 0.6 is 11.3 Å². The third-order valence-electron chi connectivity index (χ3n) is 3.81. The summed E-state index contributed by atoms with van der Waals surface area (Å²) in [6.45, 7) is 2.68. The Bertz CT molecular complexity index is 650. The van der Waals surface area contributed by atoms with Gasteiger partial charge in [-0.25, -0.2) is 0 Å². The minimum Gasteiger partial charge on any atom is -0.370 e. The maximum absolute atomic E-state index is 12.6. The summed E-state index contributed by atoms with van der Waals surface area (Å²) < 4.78 is 0. The Labute approximate surface area is 140 Å². The molecule has 1 aromatic heterocycles. The van der Waals surface area contributed by atoms with E-state index in [-0.39, 0.29) is 12.3 Å². The van der Waals surface area contributed by atoms with Crippen molar-refractivity contribution in [1.29, 1.82) is 0 Å². The number of nitrogens with zero attached hydrogens (tertiary/aromatic N) is 1. The molecular formula is C18H22N2O2S. The van der Waals surface area contributed by atoms with E-state index in [0.29, 0.717) is 6.54 Å². The van der Waals surface area contributed by atoms with Gasteiger partial charge in [-0.1, -0.05) is 31.2 Å². The second-order valence-electron chi connectivity index (χ2n) is 5.62. The number of carbonyl (C=O) groups excluding carboxylic acids is 2. The Morgan fingerprint density at radius 2 is 1.87 bits per heavy atom. The fourth-order valence-electron chi connectivity index (χ4n) is 2.60. The molecule has 122 valence electrons. The molecule has 0 spiro atoms. The number of carbonyl (C=O) groups is 2. The molecule has 2 N–H and O–H groups in total. The van der Waals surface area contributed by atoms with Gasteiger partial charge in [-0.05, 0) is 39.9 Å². The predicted molar refractivity (Wildman–Crippen MR) is 94.2 cm³/mol. The number of amides is 2. The Hall–Kier alpha value is -2.14. The summed E-state index contributed by atoms with van der Waals surface area (Å²) in [5.41, 5.74) is 8.43. The lowest BCUT2D eigenvalue weighted by atomic mass is 9.92. The molecule has 2 rings (SSSR count). The molecule has 0 aliphatic heterocycles. The summed E-state index contributed by atoms with van der Waals surface area (Å²) in [4.78, 5) is 25.6. The van der Waals surface area contributed by atoms with Gasteiger partial charge in [0.2, 0.25) is 11.8 Å². The summed E-state index contributed by atoms with van der Waals surface area (Å²) in [5, 5.41) is 4.11. The van der Waals surface area contributed by atoms with E-state index in [0.717, 1.165) is 23.1 Å². The van der Waals surface area contributed by atoms with Crippen molar-refractivity contribution < 1.29 is 9.59 Å². The van der Waals surface area contributed by atoms with E-state index in [1.807, 2.05) is 36.6 Å². The second kappa shape index (κ2) is 7.92. The van der Waals surface area contributed by atoms with Gasteiger partial charge in [-0.15, -0.1) is 0 Å². The molecule has 1 atom stereocenters. The van der Waals surface area contributed by atoms with Crippen LogP contribution in [0, 0.1) is 0 Å². The third-order valence-corrected chi connectivity index (χ3v) is 4.49. The lowest BCUT2D eigenvalue weighted by Gasteiger charge is -2.23. The molecule has 2 aromatic rings. The fourth-order valence-corrected chi connectivity index (χ4v) is 3.26. The van der Waals surface area contributed by atoms with Crippen molar-refractivity contribution >= 4 is 23.2 Å². The van der Waals surface area contributed by atoms with Gasteiger partial charge in [0, 0.05) is 20.0 Å². The first kappa shape index (κ1) is 17.2. The van der Waals surface area contributed by atoms with Crippen molar-refractivity contribution in [3.05, 3.63) is 46.7 Å². The molecule has 0 saturated heterocycles. The van der Waals surface area contributed by atoms with E-state index >= 15 is 0 Å². The largest absolute Gasteiger partial charge is 0.370 e. The van der Waals surface area contributed by atoms with Gasteiger partial charge in [0.15, 0.2) is 0 Å². The zero-order valence-electron chi connectivity index (χ0n) is 13.5. The van der Waals surface area contributed by atoms with Crippen molar-refractivity contribution in [3.8, 4) is 11.1 Å². The summed E-state index contributed by atoms with van der Waals surface area (Å²) >= 11 is 1.65. The van der Waals surface area contributed by atoms with E-state index in [1.54, 1.807) is 23.3 Å². The van der Waals surface area contributed by atoms with Crippen molar-refractivity contribution in [2.75, 3.05) is 13.6 Å². The Morgan fingerprint density at radius 3 is 2.39 bits per heavy atom. The molecule has 0 aliphatic carbocycles. The predicted octanol–water partition coefficient (Wildman–Crippen LogP) is 3.24. The number of thiophene rings is 1. The van der Waals surface area contributed by atoms with Crippen LogP contribution in [0.3, 0.4) is 0 Å². The van der Waals surface area contributed by atoms with Gasteiger partial charge in [0.1, 0.15) is 0 Å². The number of benzene rings is 1. The highest BCUT2D eigenvalue weighted by atomic mass is 32.1. The summed E-state index contributed by atoms with van der Waals surface area (Å²) in [5.74, 6) is -1.04. The number of likely N-dealkylation sites (N-methyl/N-ethyl adjacent to an activating group) is 1. The van der Waals surface area contributed by atoms with E-state index in [9.17, 15) is 9.59 Å². The summed E-state index contributed by atoms with van der Waals surface area (Å²) in [6.07, 6.45) is 0.910. The molecule has 1 heterocycles. The SMILES string of the molecule is CCCN(C)C(=O)C(CC(N)=O)c1ccc(-c2ccsc2)cc1. The van der Waals surface area contributed by atoms with Crippen LogP contribution in [0.15, 0.2) is 41.1 Å². The van der Waals surface area contributed by atoms with Crippen LogP contribution in [-0.2, 0) is 9.59 Å². The van der Waals surface area contributed by atoms with Crippen LogP contribution in [0.2, 0.25) is 0 Å². The minimum atomic E-state index is -0.513. The molecule has 23 heavy (non-hydrogen) atoms. The average molecular weight is 330 g/mol. The molecule has 0 radical (unpaired) electrons. The number of rotatable bonds is 7. The zero-order valence-corrected chi connectivity index (χ0v) is 14.3. The van der Waals surface area contributed by atoms with E-state index < -0.39 is 11.8 Å². The molecule has 0 saturated carbocycles. The zero-order chi connectivity index (χ0) is 16.8. The maximum atomic E-state index is 12.6. The highest BCUT2D eigenvalue weighted by molar-refractivity contribution is 7.08. The molecule has 0 fully saturated rings. The first-order valence-corrected chi connectivity index (χ1v) is 8.63. The fraction of sp³-hybridized carbons (Fsp3) is 0.333. The maximum Gasteiger partial charge on any atom is 0.230 e. The van der Waals surface area contributed by atoms with Gasteiger partial charge in [0.05, 0.1) is 5.92 Å². The van der Waals surface area contributed by atoms with Crippen LogP contribution < -0.4 is 5.73 Å². The third kappa shape index (κ3) is 4.42. The monoisotopic (exact) mass is 330 g/mol. The molecule has 0 bridgehead atoms. The first-order valence-electron chi connectivity index (χ1n) is 7.68. The van der Waals surface area contributed by atoms with Crippen molar-refractivity contribution in [3.63, 3.8) is 0 Å². The lowest BCUT2D eigenvalue weighted by molar-refractivity contribution is -0.133. The van der Waals surface area contributed by atoms with Crippen LogP contribution in [0.4, 0.5) is 0 Å². The van der Waals surface area contributed by atoms with E-state index in [4.69, 9.17) is 5.73 Å². The Morgan fingerprint density at radius 1 is 1.17 bits per heavy atom. The standard InChI is InChI=1S/C18H22N2O2S/c1-3-9-20(2)18(22)16(11-17(19)21)14-6-4-13(5-7-14)15-8-10-23-12-15/h4-8,10,12,16H,3,9,11H2,1-2H3,(H2,19,21). The molecule has 2 amide bonds. The highest BCUT2D eigenvalue weighted by Gasteiger charge is 2.25. The van der Waals surface area contributed by atoms with Crippen LogP contribution in [-0.4, -0.2) is 30.3 Å². The molecular weight excluding hydrogens is 308 g/mol. The van der Waals surface area contributed by atoms with E-state index in [2.05, 4.69) is 11.4 Å². The topological polar surface area (TPSA) is 63.4 Å². The molecule has 1 unspecified atom stereocenters. The minimum absolute atomic E-state index is 0.0324. The summed E-state index contributed by atoms with van der Waals surface area (Å²) in [7, 11) is 1.76. The number of hydrogen-bond donors (Lipinski definition) is 1. The van der Waals surface area contributed by atoms with Crippen LogP contribution in [0.1, 0.15) is 31.2 Å². The number of nitrogens with two attached hydrogens (primary N) is 1. The lowest BCUT2D eigenvalue weighted by Crippen LogP contribution is -2.34. The molecule has 5 heteroatoms. The number of primary amides is 1. The average Bonchev–Trinajstić information content (AvgIpc) is 3.06. The quantitative estimate of drug-likeness (QED) is 0.847. The normalized spacial score (nSPS) is 11.9. The van der Waals surface area contributed by atoms with Gasteiger partial charge in [-0.2, -0.15) is 11.3 Å².